The van der Waals surface area contributed by atoms with Gasteiger partial charge in [-0.15, -0.1) is 11.6 Å². The van der Waals surface area contributed by atoms with Crippen LogP contribution in [0.1, 0.15) is 18.5 Å². The van der Waals surface area contributed by atoms with Crippen LogP contribution in [-0.2, 0) is 4.79 Å². The van der Waals surface area contributed by atoms with Gasteiger partial charge in [0.25, 0.3) is 0 Å². The van der Waals surface area contributed by atoms with Crippen LogP contribution in [0.2, 0.25) is 0 Å². The first-order chi connectivity index (χ1) is 8.70. The summed E-state index contributed by atoms with van der Waals surface area (Å²) in [5, 5.41) is 2.93. The molecule has 0 aliphatic carbocycles. The molecule has 6 heteroatoms. The highest BCUT2D eigenvalue weighted by Crippen LogP contribution is 2.19. The van der Waals surface area contributed by atoms with Crippen molar-refractivity contribution in [1.29, 1.82) is 0 Å². The van der Waals surface area contributed by atoms with Gasteiger partial charge in [-0.2, -0.15) is 0 Å². The third kappa shape index (κ3) is 3.10. The van der Waals surface area contributed by atoms with E-state index in [1.54, 1.807) is 12.4 Å². The Labute approximate surface area is 112 Å². The molecule has 1 fully saturated rings. The minimum atomic E-state index is -0.112. The summed E-state index contributed by atoms with van der Waals surface area (Å²) in [6.45, 7) is 3.66. The average molecular weight is 269 g/mol. The first kappa shape index (κ1) is 13.1. The SMILES string of the molecule is Cc1nccnc1N1CCC[C@@H](NC(=O)CCl)C1. The number of aromatic nitrogens is 2. The van der Waals surface area contributed by atoms with Gasteiger partial charge in [0.15, 0.2) is 0 Å². The zero-order valence-electron chi connectivity index (χ0n) is 10.4. The third-order valence-corrected chi connectivity index (χ3v) is 3.31. The summed E-state index contributed by atoms with van der Waals surface area (Å²) in [5.41, 5.74) is 0.918. The number of alkyl halides is 1. The van der Waals surface area contributed by atoms with Gasteiger partial charge in [-0.3, -0.25) is 9.78 Å². The standard InChI is InChI=1S/C12H17ClN4O/c1-9-12(15-5-4-14-9)17-6-2-3-10(8-17)16-11(18)7-13/h4-5,10H,2-3,6-8H2,1H3,(H,16,18)/t10-/m1/s1. The summed E-state index contributed by atoms with van der Waals surface area (Å²) in [7, 11) is 0. The van der Waals surface area contributed by atoms with Crippen LogP contribution in [0.4, 0.5) is 5.82 Å². The number of piperidine rings is 1. The van der Waals surface area contributed by atoms with E-state index in [1.165, 1.54) is 0 Å². The lowest BCUT2D eigenvalue weighted by Crippen LogP contribution is -2.48. The molecule has 1 N–H and O–H groups in total. The van der Waals surface area contributed by atoms with Crippen LogP contribution in [0.25, 0.3) is 0 Å². The van der Waals surface area contributed by atoms with Crippen molar-refractivity contribution in [2.45, 2.75) is 25.8 Å². The predicted molar refractivity (Wildman–Crippen MR) is 70.9 cm³/mol. The van der Waals surface area contributed by atoms with Gasteiger partial charge in [0, 0.05) is 31.5 Å². The van der Waals surface area contributed by atoms with Gasteiger partial charge in [-0.25, -0.2) is 4.98 Å². The maximum Gasteiger partial charge on any atom is 0.235 e. The lowest BCUT2D eigenvalue weighted by molar-refractivity contribution is -0.119. The molecule has 0 aromatic carbocycles. The van der Waals surface area contributed by atoms with E-state index in [4.69, 9.17) is 11.6 Å². The van der Waals surface area contributed by atoms with E-state index in [0.29, 0.717) is 0 Å². The average Bonchev–Trinajstić information content (AvgIpc) is 2.39. The molecule has 1 saturated heterocycles. The topological polar surface area (TPSA) is 58.1 Å². The summed E-state index contributed by atoms with van der Waals surface area (Å²) < 4.78 is 0. The summed E-state index contributed by atoms with van der Waals surface area (Å²) in [4.78, 5) is 22.1. The fourth-order valence-corrected chi connectivity index (χ4v) is 2.34. The van der Waals surface area contributed by atoms with Crippen LogP contribution in [-0.4, -0.2) is 40.9 Å². The normalized spacial score (nSPS) is 19.7. The Hall–Kier alpha value is -1.36. The number of anilines is 1. The molecule has 0 radical (unpaired) electrons. The van der Waals surface area contributed by atoms with E-state index in [1.807, 2.05) is 6.92 Å². The van der Waals surface area contributed by atoms with Gasteiger partial charge in [-0.1, -0.05) is 0 Å². The molecule has 0 saturated carbocycles. The van der Waals surface area contributed by atoms with Crippen molar-refractivity contribution in [1.82, 2.24) is 15.3 Å². The number of carbonyl (C=O) groups excluding carboxylic acids is 1. The minimum Gasteiger partial charge on any atom is -0.353 e. The maximum atomic E-state index is 11.3. The first-order valence-corrected chi connectivity index (χ1v) is 6.62. The number of nitrogens with one attached hydrogen (secondary N) is 1. The van der Waals surface area contributed by atoms with Gasteiger partial charge in [0.1, 0.15) is 11.7 Å². The third-order valence-electron chi connectivity index (χ3n) is 3.06. The van der Waals surface area contributed by atoms with Crippen LogP contribution < -0.4 is 10.2 Å². The van der Waals surface area contributed by atoms with Crippen molar-refractivity contribution in [2.75, 3.05) is 23.9 Å². The molecule has 1 aliphatic rings. The van der Waals surface area contributed by atoms with Crippen LogP contribution in [0, 0.1) is 6.92 Å². The highest BCUT2D eigenvalue weighted by atomic mass is 35.5. The van der Waals surface area contributed by atoms with E-state index in [2.05, 4.69) is 20.2 Å². The summed E-state index contributed by atoms with van der Waals surface area (Å²) in [6.07, 6.45) is 5.40. The highest BCUT2D eigenvalue weighted by Gasteiger charge is 2.23. The molecule has 1 aliphatic heterocycles. The van der Waals surface area contributed by atoms with E-state index < -0.39 is 0 Å². The van der Waals surface area contributed by atoms with Crippen molar-refractivity contribution in [3.8, 4) is 0 Å². The molecule has 5 nitrogen and oxygen atoms in total. The second-order valence-electron chi connectivity index (χ2n) is 4.45. The predicted octanol–water partition coefficient (Wildman–Crippen LogP) is 1.11. The van der Waals surface area contributed by atoms with Crippen LogP contribution >= 0.6 is 11.6 Å². The van der Waals surface area contributed by atoms with Crippen LogP contribution in [0.5, 0.6) is 0 Å². The van der Waals surface area contributed by atoms with E-state index in [0.717, 1.165) is 37.4 Å². The van der Waals surface area contributed by atoms with Gasteiger partial charge in [0.05, 0.1) is 5.69 Å². The minimum absolute atomic E-state index is 0.0146. The van der Waals surface area contributed by atoms with Gasteiger partial charge in [-0.05, 0) is 19.8 Å². The lowest BCUT2D eigenvalue weighted by Gasteiger charge is -2.34. The summed E-state index contributed by atoms with van der Waals surface area (Å²) in [5.74, 6) is 0.808. The molecular formula is C12H17ClN4O. The Morgan fingerprint density at radius 3 is 3.06 bits per heavy atom. The van der Waals surface area contributed by atoms with Crippen molar-refractivity contribution >= 4 is 23.3 Å². The Balaban J connectivity index is 2.03. The zero-order valence-corrected chi connectivity index (χ0v) is 11.2. The lowest BCUT2D eigenvalue weighted by atomic mass is 10.1. The molecule has 1 amide bonds. The molecule has 1 aromatic heterocycles. The number of nitrogens with zero attached hydrogens (tertiary/aromatic N) is 3. The van der Waals surface area contributed by atoms with E-state index in [-0.39, 0.29) is 17.8 Å². The molecule has 2 rings (SSSR count). The van der Waals surface area contributed by atoms with Crippen molar-refractivity contribution in [3.63, 3.8) is 0 Å². The molecule has 1 atom stereocenters. The fraction of sp³-hybridized carbons (Fsp3) is 0.583. The maximum absolute atomic E-state index is 11.3. The number of amides is 1. The Morgan fingerprint density at radius 1 is 1.56 bits per heavy atom. The zero-order chi connectivity index (χ0) is 13.0. The van der Waals surface area contributed by atoms with Gasteiger partial charge in [0.2, 0.25) is 5.91 Å². The second kappa shape index (κ2) is 6.00. The number of halogens is 1. The van der Waals surface area contributed by atoms with Gasteiger partial charge < -0.3 is 10.2 Å². The quantitative estimate of drug-likeness (QED) is 0.835. The molecule has 0 bridgehead atoms. The molecule has 98 valence electrons. The van der Waals surface area contributed by atoms with Crippen LogP contribution in [0.3, 0.4) is 0 Å². The molecular weight excluding hydrogens is 252 g/mol. The molecule has 18 heavy (non-hydrogen) atoms. The van der Waals surface area contributed by atoms with Crippen molar-refractivity contribution in [3.05, 3.63) is 18.1 Å². The van der Waals surface area contributed by atoms with Crippen molar-refractivity contribution < 1.29 is 4.79 Å². The van der Waals surface area contributed by atoms with E-state index in [9.17, 15) is 4.79 Å². The second-order valence-corrected chi connectivity index (χ2v) is 4.72. The molecule has 1 aromatic rings. The summed E-state index contributed by atoms with van der Waals surface area (Å²) >= 11 is 5.50. The Bertz CT molecular complexity index is 426. The largest absolute Gasteiger partial charge is 0.353 e. The number of hydrogen-bond acceptors (Lipinski definition) is 4. The van der Waals surface area contributed by atoms with Crippen LogP contribution in [0.15, 0.2) is 12.4 Å². The molecule has 0 unspecified atom stereocenters. The van der Waals surface area contributed by atoms with Crippen molar-refractivity contribution in [2.24, 2.45) is 0 Å². The number of hydrogen-bond donors (Lipinski definition) is 1. The first-order valence-electron chi connectivity index (χ1n) is 6.08. The van der Waals surface area contributed by atoms with E-state index >= 15 is 0 Å². The number of rotatable bonds is 3. The summed E-state index contributed by atoms with van der Waals surface area (Å²) in [6, 6.07) is 0.145. The van der Waals surface area contributed by atoms with Gasteiger partial charge >= 0.3 is 0 Å². The number of aryl methyl sites for hydroxylation is 1. The Kier molecular flexibility index (Phi) is 4.36. The molecule has 0 spiro atoms. The fourth-order valence-electron chi connectivity index (χ4n) is 2.26. The smallest absolute Gasteiger partial charge is 0.235 e. The molecule has 2 heterocycles. The highest BCUT2D eigenvalue weighted by molar-refractivity contribution is 6.27. The monoisotopic (exact) mass is 268 g/mol. The Morgan fingerprint density at radius 2 is 2.33 bits per heavy atom. The number of carbonyl (C=O) groups is 1.